The summed E-state index contributed by atoms with van der Waals surface area (Å²) < 4.78 is 11.4. The highest BCUT2D eigenvalue weighted by molar-refractivity contribution is 6.06. The Morgan fingerprint density at radius 1 is 1.05 bits per heavy atom. The zero-order chi connectivity index (χ0) is 25.9. The van der Waals surface area contributed by atoms with Crippen LogP contribution in [0.15, 0.2) is 66.7 Å². The Bertz CT molecular complexity index is 1350. The van der Waals surface area contributed by atoms with E-state index in [-0.39, 0.29) is 23.3 Å². The average Bonchev–Trinajstić information content (AvgIpc) is 3.04. The van der Waals surface area contributed by atoms with Crippen molar-refractivity contribution < 1.29 is 23.9 Å². The van der Waals surface area contributed by atoms with E-state index in [4.69, 9.17) is 9.47 Å². The monoisotopic (exact) mass is 498 g/mol. The summed E-state index contributed by atoms with van der Waals surface area (Å²) in [5.74, 6) is -0.0654. The van der Waals surface area contributed by atoms with Gasteiger partial charge in [-0.05, 0) is 67.1 Å². The third kappa shape index (κ3) is 5.07. The van der Waals surface area contributed by atoms with Crippen molar-refractivity contribution in [2.45, 2.75) is 58.2 Å². The number of fused-ring (bicyclic) bond motifs is 2. The van der Waals surface area contributed by atoms with Gasteiger partial charge in [0, 0.05) is 18.2 Å². The van der Waals surface area contributed by atoms with Crippen molar-refractivity contribution in [3.05, 3.63) is 89.0 Å². The normalized spacial score (nSPS) is 18.6. The van der Waals surface area contributed by atoms with Crippen molar-refractivity contribution in [2.75, 3.05) is 5.32 Å². The lowest BCUT2D eigenvalue weighted by Crippen LogP contribution is -2.42. The predicted octanol–water partition coefficient (Wildman–Crippen LogP) is 5.44. The van der Waals surface area contributed by atoms with Crippen LogP contribution in [0.4, 0.5) is 5.69 Å². The molecule has 1 aliphatic heterocycles. The molecule has 0 saturated heterocycles. The lowest BCUT2D eigenvalue weighted by molar-refractivity contribution is -0.141. The minimum atomic E-state index is -0.564. The number of nitrogens with zero attached hydrogens (tertiary/aromatic N) is 1. The van der Waals surface area contributed by atoms with Crippen LogP contribution in [0.5, 0.6) is 11.5 Å². The molecule has 190 valence electrons. The molecular weight excluding hydrogens is 468 g/mol. The van der Waals surface area contributed by atoms with Crippen LogP contribution >= 0.6 is 0 Å². The van der Waals surface area contributed by atoms with Gasteiger partial charge in [0.2, 0.25) is 0 Å². The molecule has 0 saturated carbocycles. The van der Waals surface area contributed by atoms with Gasteiger partial charge in [-0.15, -0.1) is 0 Å². The number of carbonyl (C=O) groups excluding carboxylic acids is 3. The molecular formula is C30H30N2O5. The number of hydrogen-bond donors (Lipinski definition) is 1. The summed E-state index contributed by atoms with van der Waals surface area (Å²) in [5, 5.41) is 2.90. The molecule has 5 rings (SSSR count). The molecule has 1 heterocycles. The number of ether oxygens (including phenoxy) is 2. The molecule has 7 nitrogen and oxygen atoms in total. The van der Waals surface area contributed by atoms with E-state index in [9.17, 15) is 14.4 Å². The third-order valence-corrected chi connectivity index (χ3v) is 6.96. The number of esters is 1. The molecule has 0 bridgehead atoms. The Morgan fingerprint density at radius 2 is 1.84 bits per heavy atom. The zero-order valence-corrected chi connectivity index (χ0v) is 21.0. The largest absolute Gasteiger partial charge is 0.480 e. The Labute approximate surface area is 216 Å². The molecule has 3 aromatic rings. The van der Waals surface area contributed by atoms with E-state index in [1.165, 1.54) is 18.1 Å². The van der Waals surface area contributed by atoms with Crippen LogP contribution < -0.4 is 14.8 Å². The number of rotatable bonds is 5. The van der Waals surface area contributed by atoms with Crippen molar-refractivity contribution in [2.24, 2.45) is 0 Å². The summed E-state index contributed by atoms with van der Waals surface area (Å²) in [7, 11) is 0. The van der Waals surface area contributed by atoms with E-state index in [0.29, 0.717) is 24.4 Å². The molecule has 2 aliphatic rings. The summed E-state index contributed by atoms with van der Waals surface area (Å²) in [6.07, 6.45) is 2.94. The number of carbonyl (C=O) groups is 3. The van der Waals surface area contributed by atoms with E-state index in [1.54, 1.807) is 36.4 Å². The second kappa shape index (κ2) is 10.5. The molecule has 37 heavy (non-hydrogen) atoms. The number of amides is 2. The lowest BCUT2D eigenvalue weighted by atomic mass is 9.86. The Hall–Kier alpha value is -4.13. The molecule has 0 unspecified atom stereocenters. The molecule has 2 amide bonds. The molecule has 2 atom stereocenters. The van der Waals surface area contributed by atoms with Crippen molar-refractivity contribution in [3.63, 3.8) is 0 Å². The van der Waals surface area contributed by atoms with E-state index < -0.39 is 18.0 Å². The van der Waals surface area contributed by atoms with Gasteiger partial charge < -0.3 is 19.7 Å². The second-order valence-corrected chi connectivity index (χ2v) is 9.45. The molecule has 0 fully saturated rings. The number of anilines is 1. The van der Waals surface area contributed by atoms with Crippen LogP contribution in [-0.4, -0.2) is 28.8 Å². The standard InChI is InChI=1S/C30H30N2O5/c1-3-26-30(35)32(25-13-8-10-20-9-4-5-11-23(20)25)18-21-17-22(15-16-27(21)37-26)31-29(34)24-12-6-7-14-28(24)36-19(2)33/h4-7,9,11-12,14-17,25-26H,3,8,10,13,18H2,1-2H3,(H,31,34)/t25-,26+/m1/s1. The first kappa shape index (κ1) is 24.6. The van der Waals surface area contributed by atoms with Crippen LogP contribution in [0.2, 0.25) is 0 Å². The van der Waals surface area contributed by atoms with E-state index in [1.807, 2.05) is 30.0 Å². The predicted molar refractivity (Wildman–Crippen MR) is 140 cm³/mol. The first-order valence-corrected chi connectivity index (χ1v) is 12.7. The fourth-order valence-corrected chi connectivity index (χ4v) is 5.22. The van der Waals surface area contributed by atoms with E-state index >= 15 is 0 Å². The number of nitrogens with one attached hydrogen (secondary N) is 1. The fourth-order valence-electron chi connectivity index (χ4n) is 5.22. The SMILES string of the molecule is CC[C@@H]1Oc2ccc(NC(=O)c3ccccc3OC(C)=O)cc2CN([C@@H]2CCCc3ccccc32)C1=O. The first-order valence-electron chi connectivity index (χ1n) is 12.7. The van der Waals surface area contributed by atoms with Gasteiger partial charge in [0.05, 0.1) is 18.2 Å². The minimum absolute atomic E-state index is 0.0127. The highest BCUT2D eigenvalue weighted by atomic mass is 16.5. The Balaban J connectivity index is 1.45. The second-order valence-electron chi connectivity index (χ2n) is 9.45. The maximum Gasteiger partial charge on any atom is 0.308 e. The van der Waals surface area contributed by atoms with Crippen LogP contribution in [0.1, 0.15) is 66.2 Å². The van der Waals surface area contributed by atoms with Gasteiger partial charge in [0.25, 0.3) is 11.8 Å². The minimum Gasteiger partial charge on any atom is -0.480 e. The van der Waals surface area contributed by atoms with E-state index in [0.717, 1.165) is 24.8 Å². The van der Waals surface area contributed by atoms with Crippen LogP contribution in [0.25, 0.3) is 0 Å². The topological polar surface area (TPSA) is 84.9 Å². The van der Waals surface area contributed by atoms with Crippen molar-refractivity contribution in [1.29, 1.82) is 0 Å². The van der Waals surface area contributed by atoms with Gasteiger partial charge in [0.15, 0.2) is 6.10 Å². The fraction of sp³-hybridized carbons (Fsp3) is 0.300. The van der Waals surface area contributed by atoms with Crippen LogP contribution in [-0.2, 0) is 22.6 Å². The quantitative estimate of drug-likeness (QED) is 0.374. The summed E-state index contributed by atoms with van der Waals surface area (Å²) >= 11 is 0. The maximum atomic E-state index is 13.6. The summed E-state index contributed by atoms with van der Waals surface area (Å²) in [5.41, 5.74) is 4.14. The highest BCUT2D eigenvalue weighted by Crippen LogP contribution is 2.39. The van der Waals surface area contributed by atoms with Crippen LogP contribution in [0, 0.1) is 0 Å². The molecule has 3 aromatic carbocycles. The molecule has 1 N–H and O–H groups in total. The van der Waals surface area contributed by atoms with Gasteiger partial charge in [-0.2, -0.15) is 0 Å². The molecule has 1 aliphatic carbocycles. The third-order valence-electron chi connectivity index (χ3n) is 6.96. The van der Waals surface area contributed by atoms with Crippen LogP contribution in [0.3, 0.4) is 0 Å². The number of para-hydroxylation sites is 1. The zero-order valence-electron chi connectivity index (χ0n) is 21.0. The lowest BCUT2D eigenvalue weighted by Gasteiger charge is -2.36. The van der Waals surface area contributed by atoms with Gasteiger partial charge >= 0.3 is 5.97 Å². The van der Waals surface area contributed by atoms with Crippen molar-refractivity contribution in [1.82, 2.24) is 4.90 Å². The van der Waals surface area contributed by atoms with E-state index in [2.05, 4.69) is 17.4 Å². The number of hydrogen-bond acceptors (Lipinski definition) is 5. The summed E-state index contributed by atoms with van der Waals surface area (Å²) in [6.45, 7) is 3.63. The molecule has 0 radical (unpaired) electrons. The number of benzene rings is 3. The summed E-state index contributed by atoms with van der Waals surface area (Å²) in [6, 6.07) is 20.3. The maximum absolute atomic E-state index is 13.6. The summed E-state index contributed by atoms with van der Waals surface area (Å²) in [4.78, 5) is 40.1. The van der Waals surface area contributed by atoms with Gasteiger partial charge in [0.1, 0.15) is 11.5 Å². The molecule has 0 spiro atoms. The van der Waals surface area contributed by atoms with Gasteiger partial charge in [-0.3, -0.25) is 14.4 Å². The molecule has 0 aromatic heterocycles. The Morgan fingerprint density at radius 3 is 2.65 bits per heavy atom. The van der Waals surface area contributed by atoms with Crippen molar-refractivity contribution >= 4 is 23.5 Å². The number of aryl methyl sites for hydroxylation is 1. The molecule has 7 heteroatoms. The highest BCUT2D eigenvalue weighted by Gasteiger charge is 2.36. The van der Waals surface area contributed by atoms with Crippen molar-refractivity contribution in [3.8, 4) is 11.5 Å². The Kier molecular flexibility index (Phi) is 6.95. The first-order chi connectivity index (χ1) is 17.9. The average molecular weight is 499 g/mol. The smallest absolute Gasteiger partial charge is 0.308 e. The van der Waals surface area contributed by atoms with Gasteiger partial charge in [-0.1, -0.05) is 43.3 Å². The van der Waals surface area contributed by atoms with Gasteiger partial charge in [-0.25, -0.2) is 0 Å².